The average Bonchev–Trinajstić information content (AvgIpc) is 3.42. The number of nitrogens with one attached hydrogen (secondary N) is 1. The van der Waals surface area contributed by atoms with Gasteiger partial charge in [-0.3, -0.25) is 4.79 Å². The van der Waals surface area contributed by atoms with Crippen molar-refractivity contribution in [3.8, 4) is 5.75 Å². The van der Waals surface area contributed by atoms with Crippen molar-refractivity contribution in [3.05, 3.63) is 34.3 Å². The van der Waals surface area contributed by atoms with Gasteiger partial charge in [-0.05, 0) is 37.5 Å². The Bertz CT molecular complexity index is 996. The van der Waals surface area contributed by atoms with Gasteiger partial charge in [0.25, 0.3) is 0 Å². The number of hydrogen-bond donors (Lipinski definition) is 1. The number of hydrogen-bond acceptors (Lipinski definition) is 6. The molecule has 1 aromatic heterocycles. The standard InChI is InChI=1S/C18H21N3O4S2/c1-11-3-6-14(25-2)16(9-11)27(23,24)21-8-7-13-15(10-21)26-18(19-13)20-17(22)12-4-5-12/h3,6,9,12H,4-5,7-8,10H2,1-2H3,(H,19,20,22). The van der Waals surface area contributed by atoms with Crippen molar-refractivity contribution in [2.75, 3.05) is 19.0 Å². The molecule has 9 heteroatoms. The molecule has 1 aliphatic carbocycles. The van der Waals surface area contributed by atoms with Crippen molar-refractivity contribution in [2.24, 2.45) is 5.92 Å². The number of fused-ring (bicyclic) bond motifs is 1. The Morgan fingerprint density at radius 1 is 1.37 bits per heavy atom. The molecule has 0 unspecified atom stereocenters. The SMILES string of the molecule is COc1ccc(C)cc1S(=O)(=O)N1CCc2nc(NC(=O)C3CC3)sc2C1. The maximum atomic E-state index is 13.2. The molecule has 1 amide bonds. The van der Waals surface area contributed by atoms with Crippen molar-refractivity contribution in [3.63, 3.8) is 0 Å². The number of rotatable bonds is 5. The van der Waals surface area contributed by atoms with Gasteiger partial charge in [0.15, 0.2) is 5.13 Å². The van der Waals surface area contributed by atoms with Gasteiger partial charge < -0.3 is 10.1 Å². The van der Waals surface area contributed by atoms with E-state index in [0.717, 1.165) is 29.0 Å². The maximum absolute atomic E-state index is 13.2. The largest absolute Gasteiger partial charge is 0.495 e. The first kappa shape index (κ1) is 18.4. The van der Waals surface area contributed by atoms with Crippen LogP contribution >= 0.6 is 11.3 Å². The van der Waals surface area contributed by atoms with Crippen molar-refractivity contribution in [2.45, 2.75) is 37.6 Å². The minimum absolute atomic E-state index is 0.00933. The van der Waals surface area contributed by atoms with E-state index in [1.807, 2.05) is 13.0 Å². The van der Waals surface area contributed by atoms with Crippen LogP contribution in [0.1, 0.15) is 29.0 Å². The number of amides is 1. The Morgan fingerprint density at radius 2 is 2.15 bits per heavy atom. The number of ether oxygens (including phenoxy) is 1. The third-order valence-electron chi connectivity index (χ3n) is 4.81. The summed E-state index contributed by atoms with van der Waals surface area (Å²) >= 11 is 1.36. The van der Waals surface area contributed by atoms with Gasteiger partial charge in [0.2, 0.25) is 15.9 Å². The third kappa shape index (κ3) is 3.59. The number of benzene rings is 1. The van der Waals surface area contributed by atoms with Crippen LogP contribution in [0.4, 0.5) is 5.13 Å². The van der Waals surface area contributed by atoms with E-state index in [0.29, 0.717) is 23.8 Å². The molecule has 0 bridgehead atoms. The van der Waals surface area contributed by atoms with Crippen LogP contribution in [0.15, 0.2) is 23.1 Å². The highest BCUT2D eigenvalue weighted by Crippen LogP contribution is 2.35. The van der Waals surface area contributed by atoms with E-state index in [1.54, 1.807) is 12.1 Å². The van der Waals surface area contributed by atoms with Gasteiger partial charge in [0.05, 0.1) is 19.3 Å². The lowest BCUT2D eigenvalue weighted by atomic mass is 10.2. The van der Waals surface area contributed by atoms with Crippen LogP contribution in [0.5, 0.6) is 5.75 Å². The van der Waals surface area contributed by atoms with Crippen LogP contribution in [0.3, 0.4) is 0 Å². The van der Waals surface area contributed by atoms with Gasteiger partial charge in [0, 0.05) is 23.8 Å². The molecule has 1 fully saturated rings. The molecule has 1 aliphatic heterocycles. The van der Waals surface area contributed by atoms with Gasteiger partial charge in [-0.1, -0.05) is 6.07 Å². The Labute approximate surface area is 162 Å². The smallest absolute Gasteiger partial charge is 0.247 e. The van der Waals surface area contributed by atoms with Crippen LogP contribution < -0.4 is 10.1 Å². The Kier molecular flexibility index (Phi) is 4.69. The van der Waals surface area contributed by atoms with Gasteiger partial charge in [-0.2, -0.15) is 4.31 Å². The highest BCUT2D eigenvalue weighted by molar-refractivity contribution is 7.89. The fraction of sp³-hybridized carbons (Fsp3) is 0.444. The lowest BCUT2D eigenvalue weighted by Crippen LogP contribution is -2.35. The van der Waals surface area contributed by atoms with Gasteiger partial charge in [-0.15, -0.1) is 11.3 Å². The average molecular weight is 408 g/mol. The van der Waals surface area contributed by atoms with Crippen molar-refractivity contribution >= 4 is 32.4 Å². The first-order chi connectivity index (χ1) is 12.9. The van der Waals surface area contributed by atoms with Crippen LogP contribution in [0, 0.1) is 12.8 Å². The molecule has 0 saturated heterocycles. The van der Waals surface area contributed by atoms with Crippen molar-refractivity contribution < 1.29 is 17.9 Å². The van der Waals surface area contributed by atoms with Crippen LogP contribution in [0.2, 0.25) is 0 Å². The van der Waals surface area contributed by atoms with E-state index in [9.17, 15) is 13.2 Å². The van der Waals surface area contributed by atoms with E-state index < -0.39 is 10.0 Å². The second-order valence-corrected chi connectivity index (χ2v) is 9.89. The van der Waals surface area contributed by atoms with E-state index >= 15 is 0 Å². The normalized spacial score (nSPS) is 17.4. The molecule has 4 rings (SSSR count). The number of carbonyl (C=O) groups excluding carboxylic acids is 1. The van der Waals surface area contributed by atoms with Crippen molar-refractivity contribution in [1.29, 1.82) is 0 Å². The monoisotopic (exact) mass is 407 g/mol. The minimum Gasteiger partial charge on any atom is -0.495 e. The number of methoxy groups -OCH3 is 1. The second kappa shape index (κ2) is 6.88. The first-order valence-corrected chi connectivity index (χ1v) is 11.1. The number of aryl methyl sites for hydroxylation is 1. The first-order valence-electron chi connectivity index (χ1n) is 8.82. The van der Waals surface area contributed by atoms with E-state index in [2.05, 4.69) is 10.3 Å². The minimum atomic E-state index is -3.69. The molecule has 1 aromatic carbocycles. The van der Waals surface area contributed by atoms with Crippen molar-refractivity contribution in [1.82, 2.24) is 9.29 Å². The molecule has 2 heterocycles. The summed E-state index contributed by atoms with van der Waals surface area (Å²) in [6.45, 7) is 2.46. The lowest BCUT2D eigenvalue weighted by molar-refractivity contribution is -0.117. The fourth-order valence-corrected chi connectivity index (χ4v) is 5.87. The lowest BCUT2D eigenvalue weighted by Gasteiger charge is -2.26. The molecule has 144 valence electrons. The fourth-order valence-electron chi connectivity index (χ4n) is 3.11. The van der Waals surface area contributed by atoms with Gasteiger partial charge in [0.1, 0.15) is 10.6 Å². The van der Waals surface area contributed by atoms with Crippen LogP contribution in [-0.4, -0.2) is 37.3 Å². The summed E-state index contributed by atoms with van der Waals surface area (Å²) in [4.78, 5) is 17.5. The molecule has 2 aliphatic rings. The highest BCUT2D eigenvalue weighted by atomic mass is 32.2. The molecule has 0 spiro atoms. The summed E-state index contributed by atoms with van der Waals surface area (Å²) in [6.07, 6.45) is 2.39. The predicted octanol–water partition coefficient (Wildman–Crippen LogP) is 2.56. The molecular formula is C18H21N3O4S2. The Morgan fingerprint density at radius 3 is 2.85 bits per heavy atom. The molecular weight excluding hydrogens is 386 g/mol. The zero-order valence-electron chi connectivity index (χ0n) is 15.2. The number of sulfonamides is 1. The summed E-state index contributed by atoms with van der Waals surface area (Å²) in [5.74, 6) is 0.458. The molecule has 2 aromatic rings. The number of nitrogens with zero attached hydrogens (tertiary/aromatic N) is 2. The number of anilines is 1. The van der Waals surface area contributed by atoms with Crippen LogP contribution in [-0.2, 0) is 27.8 Å². The zero-order chi connectivity index (χ0) is 19.2. The molecule has 1 saturated carbocycles. The molecule has 0 atom stereocenters. The molecule has 0 radical (unpaired) electrons. The maximum Gasteiger partial charge on any atom is 0.247 e. The summed E-state index contributed by atoms with van der Waals surface area (Å²) in [5.41, 5.74) is 1.73. The quantitative estimate of drug-likeness (QED) is 0.823. The highest BCUT2D eigenvalue weighted by Gasteiger charge is 2.34. The summed E-state index contributed by atoms with van der Waals surface area (Å²) in [7, 11) is -2.22. The Balaban J connectivity index is 1.57. The predicted molar refractivity (Wildman–Crippen MR) is 102 cm³/mol. The Hall–Kier alpha value is -1.97. The third-order valence-corrected chi connectivity index (χ3v) is 7.68. The molecule has 7 nitrogen and oxygen atoms in total. The summed E-state index contributed by atoms with van der Waals surface area (Å²) in [6, 6.07) is 5.14. The topological polar surface area (TPSA) is 88.6 Å². The second-order valence-electron chi connectivity index (χ2n) is 6.90. The van der Waals surface area contributed by atoms with Gasteiger partial charge in [-0.25, -0.2) is 13.4 Å². The number of thiazole rings is 1. The summed E-state index contributed by atoms with van der Waals surface area (Å²) in [5, 5.41) is 3.41. The number of carbonyl (C=O) groups is 1. The number of aromatic nitrogens is 1. The van der Waals surface area contributed by atoms with E-state index in [4.69, 9.17) is 4.74 Å². The van der Waals surface area contributed by atoms with Crippen LogP contribution in [0.25, 0.3) is 0 Å². The summed E-state index contributed by atoms with van der Waals surface area (Å²) < 4.78 is 33.1. The molecule has 27 heavy (non-hydrogen) atoms. The van der Waals surface area contributed by atoms with Gasteiger partial charge >= 0.3 is 0 Å². The molecule has 1 N–H and O–H groups in total. The van der Waals surface area contributed by atoms with E-state index in [-0.39, 0.29) is 23.3 Å². The van der Waals surface area contributed by atoms with E-state index in [1.165, 1.54) is 22.8 Å². The zero-order valence-corrected chi connectivity index (χ0v) is 16.8.